The molecule has 0 bridgehead atoms. The summed E-state index contributed by atoms with van der Waals surface area (Å²) in [6.07, 6.45) is 0. The number of nitrogens with one attached hydrogen (secondary N) is 1. The Hall–Kier alpha value is -0.0251. The van der Waals surface area contributed by atoms with Crippen LogP contribution in [0.4, 0.5) is 0 Å². The summed E-state index contributed by atoms with van der Waals surface area (Å²) < 4.78 is 21.9. The van der Waals surface area contributed by atoms with Crippen LogP contribution < -0.4 is 4.72 Å². The lowest BCUT2D eigenvalue weighted by Gasteiger charge is -1.85. The fourth-order valence-electron chi connectivity index (χ4n) is 0. The van der Waals surface area contributed by atoms with Crippen LogP contribution in [0.2, 0.25) is 0 Å². The first-order valence-corrected chi connectivity index (χ1v) is 3.34. The van der Waals surface area contributed by atoms with Crippen LogP contribution >= 0.6 is 0 Å². The van der Waals surface area contributed by atoms with E-state index in [4.69, 9.17) is 0 Å². The van der Waals surface area contributed by atoms with Crippen molar-refractivity contribution in [2.45, 2.75) is 0 Å². The van der Waals surface area contributed by atoms with E-state index in [1.165, 1.54) is 7.05 Å². The summed E-state index contributed by atoms with van der Waals surface area (Å²) in [6, 6.07) is 0. The van der Waals surface area contributed by atoms with Gasteiger partial charge in [-0.3, -0.25) is 0 Å². The van der Waals surface area contributed by atoms with Crippen LogP contribution in [0.5, 0.6) is 0 Å². The minimum atomic E-state index is -2.91. The van der Waals surface area contributed by atoms with Gasteiger partial charge in [0.05, 0.1) is 0 Å². The molecule has 0 atom stereocenters. The Morgan fingerprint density at radius 2 is 1.83 bits per heavy atom. The highest BCUT2D eigenvalue weighted by Gasteiger charge is 1.88. The van der Waals surface area contributed by atoms with Gasteiger partial charge in [-0.25, -0.2) is 13.1 Å². The van der Waals surface area contributed by atoms with Gasteiger partial charge in [0.15, 0.2) is 9.87 Å². The molecule has 0 aliphatic heterocycles. The zero-order valence-corrected chi connectivity index (χ0v) is 4.54. The average molecular weight is 107 g/mol. The Bertz CT molecular complexity index is 116. The Kier molecular flexibility index (Phi) is 1.61. The zero-order valence-electron chi connectivity index (χ0n) is 3.72. The minimum absolute atomic E-state index is 1.10. The molecule has 0 aromatic carbocycles. The fourth-order valence-corrected chi connectivity index (χ4v) is 0. The van der Waals surface area contributed by atoms with Crippen LogP contribution in [0.25, 0.3) is 0 Å². The Balaban J connectivity index is 3.85. The molecule has 0 saturated heterocycles. The molecule has 0 rings (SSSR count). The summed E-state index contributed by atoms with van der Waals surface area (Å²) >= 11 is 0. The predicted molar refractivity (Wildman–Crippen MR) is 26.5 cm³/mol. The van der Waals surface area contributed by atoms with Crippen molar-refractivity contribution in [2.75, 3.05) is 7.05 Å². The first-order valence-electron chi connectivity index (χ1n) is 1.45. The van der Waals surface area contributed by atoms with E-state index in [9.17, 15) is 8.42 Å². The molecule has 0 spiro atoms. The SMILES string of the molecule is BS(=O)(=O)NC. The predicted octanol–water partition coefficient (Wildman–Crippen LogP) is -1.92. The van der Waals surface area contributed by atoms with Gasteiger partial charge in [-0.15, -0.1) is 0 Å². The van der Waals surface area contributed by atoms with E-state index in [0.29, 0.717) is 0 Å². The average Bonchev–Trinajstić information content (AvgIpc) is 1.35. The van der Waals surface area contributed by atoms with Gasteiger partial charge in [0.2, 0.25) is 0 Å². The monoisotopic (exact) mass is 107 g/mol. The summed E-state index contributed by atoms with van der Waals surface area (Å²) in [5.41, 5.74) is 0. The van der Waals surface area contributed by atoms with Crippen molar-refractivity contribution in [2.24, 2.45) is 0 Å². The molecule has 0 saturated carbocycles. The first-order chi connectivity index (χ1) is 2.56. The van der Waals surface area contributed by atoms with Gasteiger partial charge in [0.1, 0.15) is 0 Å². The fraction of sp³-hybridized carbons (Fsp3) is 1.00. The lowest BCUT2D eigenvalue weighted by atomic mass is 10.8. The normalized spacial score (nSPS) is 11.5. The van der Waals surface area contributed by atoms with Crippen molar-refractivity contribution in [1.29, 1.82) is 0 Å². The Labute approximate surface area is 38.1 Å². The largest absolute Gasteiger partial charge is 0.275 e. The van der Waals surface area contributed by atoms with Crippen molar-refractivity contribution >= 4 is 17.0 Å². The smallest absolute Gasteiger partial charge is 0.229 e. The van der Waals surface area contributed by atoms with Crippen molar-refractivity contribution < 1.29 is 8.42 Å². The summed E-state index contributed by atoms with van der Waals surface area (Å²) in [4.78, 5) is 0. The Morgan fingerprint density at radius 1 is 1.67 bits per heavy atom. The molecule has 0 aliphatic carbocycles. The van der Waals surface area contributed by atoms with E-state index in [1.807, 2.05) is 0 Å². The molecule has 0 amide bonds. The van der Waals surface area contributed by atoms with Crippen LogP contribution in [-0.4, -0.2) is 22.6 Å². The van der Waals surface area contributed by atoms with Crippen LogP contribution in [0.15, 0.2) is 0 Å². The highest BCUT2D eigenvalue weighted by atomic mass is 32.2. The molecule has 0 aromatic heterocycles. The zero-order chi connectivity index (χ0) is 5.21. The maximum atomic E-state index is 9.89. The molecule has 0 heterocycles. The molecule has 3 nitrogen and oxygen atoms in total. The molecule has 0 aromatic rings. The van der Waals surface area contributed by atoms with Crippen molar-refractivity contribution in [3.8, 4) is 0 Å². The van der Waals surface area contributed by atoms with Crippen molar-refractivity contribution in [1.82, 2.24) is 4.72 Å². The second kappa shape index (κ2) is 1.62. The van der Waals surface area contributed by atoms with Crippen LogP contribution in [0, 0.1) is 0 Å². The number of hydrogen-bond acceptors (Lipinski definition) is 2. The third-order valence-electron chi connectivity index (χ3n) is 0.371. The molecule has 0 unspecified atom stereocenters. The molecule has 0 aliphatic rings. The number of rotatable bonds is 1. The van der Waals surface area contributed by atoms with Gasteiger partial charge < -0.3 is 0 Å². The maximum Gasteiger partial charge on any atom is 0.275 e. The van der Waals surface area contributed by atoms with E-state index >= 15 is 0 Å². The van der Waals surface area contributed by atoms with Crippen molar-refractivity contribution in [3.05, 3.63) is 0 Å². The van der Waals surface area contributed by atoms with Crippen molar-refractivity contribution in [3.63, 3.8) is 0 Å². The molecule has 0 radical (unpaired) electrons. The second-order valence-corrected chi connectivity index (χ2v) is 2.93. The number of hydrogen-bond donors (Lipinski definition) is 1. The second-order valence-electron chi connectivity index (χ2n) is 0.976. The third kappa shape index (κ3) is 3.97. The molecular formula is CH6BNO2S. The highest BCUT2D eigenvalue weighted by Crippen LogP contribution is 1.60. The molecule has 0 fully saturated rings. The summed E-state index contributed by atoms with van der Waals surface area (Å²) in [6.45, 7) is 0. The van der Waals surface area contributed by atoms with Gasteiger partial charge in [-0.1, -0.05) is 0 Å². The van der Waals surface area contributed by atoms with Crippen LogP contribution in [-0.2, 0) is 9.87 Å². The first kappa shape index (κ1) is 5.97. The topological polar surface area (TPSA) is 46.2 Å². The lowest BCUT2D eigenvalue weighted by molar-refractivity contribution is 0.602. The van der Waals surface area contributed by atoms with E-state index in [2.05, 4.69) is 4.72 Å². The summed E-state index contributed by atoms with van der Waals surface area (Å²) in [7, 11) is -0.438. The van der Waals surface area contributed by atoms with E-state index in [0.717, 1.165) is 7.12 Å². The summed E-state index contributed by atoms with van der Waals surface area (Å²) in [5, 5.41) is 0. The Morgan fingerprint density at radius 3 is 1.83 bits per heavy atom. The van der Waals surface area contributed by atoms with Crippen LogP contribution in [0.3, 0.4) is 0 Å². The molecule has 5 heteroatoms. The van der Waals surface area contributed by atoms with Gasteiger partial charge in [-0.05, 0) is 7.05 Å². The van der Waals surface area contributed by atoms with Gasteiger partial charge >= 0.3 is 0 Å². The van der Waals surface area contributed by atoms with E-state index < -0.39 is 9.87 Å². The molecule has 36 valence electrons. The maximum absolute atomic E-state index is 9.89. The lowest BCUT2D eigenvalue weighted by Crippen LogP contribution is -2.16. The molecule has 6 heavy (non-hydrogen) atoms. The quantitative estimate of drug-likeness (QED) is 0.397. The molecular weight excluding hydrogens is 101 g/mol. The minimum Gasteiger partial charge on any atom is -0.229 e. The van der Waals surface area contributed by atoms with E-state index in [-0.39, 0.29) is 0 Å². The molecule has 1 N–H and O–H groups in total. The van der Waals surface area contributed by atoms with E-state index in [1.54, 1.807) is 0 Å². The van der Waals surface area contributed by atoms with Gasteiger partial charge in [0, 0.05) is 0 Å². The van der Waals surface area contributed by atoms with Gasteiger partial charge in [0.25, 0.3) is 7.12 Å². The van der Waals surface area contributed by atoms with Crippen LogP contribution in [0.1, 0.15) is 0 Å². The summed E-state index contributed by atoms with van der Waals surface area (Å²) in [5.74, 6) is 0. The van der Waals surface area contributed by atoms with Gasteiger partial charge in [-0.2, -0.15) is 0 Å². The highest BCUT2D eigenvalue weighted by molar-refractivity contribution is 8.10. The standard InChI is InChI=1S/CH6BNO2S/c1-3-6(2,4)5/h3H,2H2,1H3. The third-order valence-corrected chi connectivity index (χ3v) is 1.11.